The molecule has 3 rings (SSSR count). The van der Waals surface area contributed by atoms with Crippen LogP contribution in [0.1, 0.15) is 19.8 Å². The quantitative estimate of drug-likeness (QED) is 0.715. The molecule has 1 amide bonds. The molecule has 6 nitrogen and oxygen atoms in total. The number of carbonyl (C=O) groups excluding carboxylic acids is 1. The Balaban J connectivity index is 1.53. The third-order valence-electron chi connectivity index (χ3n) is 4.73. The molecule has 0 bridgehead atoms. The van der Waals surface area contributed by atoms with Crippen molar-refractivity contribution in [3.8, 4) is 0 Å². The molecule has 1 aromatic heterocycles. The molecule has 1 aliphatic rings. The van der Waals surface area contributed by atoms with Crippen molar-refractivity contribution in [2.45, 2.75) is 36.1 Å². The van der Waals surface area contributed by atoms with Gasteiger partial charge in [0, 0.05) is 24.2 Å². The third-order valence-corrected chi connectivity index (χ3v) is 7.88. The number of hydrogen-bond donors (Lipinski definition) is 2. The molecule has 0 radical (unpaired) electrons. The molecular formula is C18H21ClFN3O3S2. The number of halogens is 2. The summed E-state index contributed by atoms with van der Waals surface area (Å²) in [5.74, 6) is -0.909. The van der Waals surface area contributed by atoms with E-state index in [-0.39, 0.29) is 22.7 Å². The van der Waals surface area contributed by atoms with Crippen LogP contribution in [0.15, 0.2) is 39.9 Å². The van der Waals surface area contributed by atoms with Crippen LogP contribution in [0.4, 0.5) is 10.1 Å². The maximum absolute atomic E-state index is 13.9. The number of benzene rings is 1. The number of thiophene rings is 1. The van der Waals surface area contributed by atoms with E-state index in [0.717, 1.165) is 6.07 Å². The molecule has 2 N–H and O–H groups in total. The summed E-state index contributed by atoms with van der Waals surface area (Å²) in [6, 6.07) is 6.71. The van der Waals surface area contributed by atoms with Crippen molar-refractivity contribution in [3.05, 3.63) is 46.6 Å². The molecule has 28 heavy (non-hydrogen) atoms. The topological polar surface area (TPSA) is 78.5 Å². The molecule has 0 unspecified atom stereocenters. The van der Waals surface area contributed by atoms with Gasteiger partial charge in [-0.3, -0.25) is 9.69 Å². The first-order chi connectivity index (χ1) is 13.3. The second-order valence-electron chi connectivity index (χ2n) is 6.65. The highest BCUT2D eigenvalue weighted by molar-refractivity contribution is 7.91. The standard InChI is InChI=1S/C18H21ClFN3O3S2/c1-12(18(24)21-16-5-4-13(19)11-15(16)20)23-8-6-14(7-9-23)22-28(25,26)17-3-2-10-27-17/h2-5,10-12,14,22H,6-9H2,1H3,(H,21,24)/t12-/m1/s1. The van der Waals surface area contributed by atoms with Crippen LogP contribution in [0.5, 0.6) is 0 Å². The third kappa shape index (κ3) is 5.09. The molecule has 1 atom stereocenters. The van der Waals surface area contributed by atoms with Crippen LogP contribution < -0.4 is 10.0 Å². The van der Waals surface area contributed by atoms with Crippen LogP contribution in [-0.4, -0.2) is 44.4 Å². The zero-order chi connectivity index (χ0) is 20.3. The molecule has 2 aromatic rings. The van der Waals surface area contributed by atoms with E-state index in [2.05, 4.69) is 10.0 Å². The van der Waals surface area contributed by atoms with Crippen molar-refractivity contribution < 1.29 is 17.6 Å². The summed E-state index contributed by atoms with van der Waals surface area (Å²) in [5.41, 5.74) is 0.0832. The van der Waals surface area contributed by atoms with Gasteiger partial charge in [-0.05, 0) is 49.4 Å². The first-order valence-corrected chi connectivity index (χ1v) is 11.6. The summed E-state index contributed by atoms with van der Waals surface area (Å²) >= 11 is 6.90. The average Bonchev–Trinajstić information content (AvgIpc) is 3.19. The lowest BCUT2D eigenvalue weighted by Crippen LogP contribution is -2.50. The molecule has 0 aliphatic carbocycles. The summed E-state index contributed by atoms with van der Waals surface area (Å²) in [6.45, 7) is 2.88. The molecular weight excluding hydrogens is 425 g/mol. The van der Waals surface area contributed by atoms with Gasteiger partial charge in [-0.2, -0.15) is 0 Å². The van der Waals surface area contributed by atoms with E-state index < -0.39 is 21.9 Å². The van der Waals surface area contributed by atoms with Crippen molar-refractivity contribution in [2.75, 3.05) is 18.4 Å². The van der Waals surface area contributed by atoms with E-state index >= 15 is 0 Å². The number of nitrogens with zero attached hydrogens (tertiary/aromatic N) is 1. The van der Waals surface area contributed by atoms with Gasteiger partial charge in [-0.15, -0.1) is 11.3 Å². The van der Waals surface area contributed by atoms with Crippen LogP contribution in [0.3, 0.4) is 0 Å². The lowest BCUT2D eigenvalue weighted by molar-refractivity contribution is -0.121. The summed E-state index contributed by atoms with van der Waals surface area (Å²) in [4.78, 5) is 14.4. The Hall–Kier alpha value is -1.52. The minimum absolute atomic E-state index is 0.0832. The number of likely N-dealkylation sites (tertiary alicyclic amines) is 1. The molecule has 1 aromatic carbocycles. The zero-order valence-corrected chi connectivity index (χ0v) is 17.6. The van der Waals surface area contributed by atoms with Crippen molar-refractivity contribution in [1.82, 2.24) is 9.62 Å². The number of rotatable bonds is 6. The number of nitrogens with one attached hydrogen (secondary N) is 2. The molecule has 1 fully saturated rings. The first kappa shape index (κ1) is 21.2. The number of sulfonamides is 1. The van der Waals surface area contributed by atoms with Gasteiger partial charge in [0.2, 0.25) is 15.9 Å². The largest absolute Gasteiger partial charge is 0.322 e. The highest BCUT2D eigenvalue weighted by Gasteiger charge is 2.29. The number of piperidine rings is 1. The Kier molecular flexibility index (Phi) is 6.72. The fourth-order valence-corrected chi connectivity index (χ4v) is 5.57. The van der Waals surface area contributed by atoms with Crippen LogP contribution in [0.2, 0.25) is 5.02 Å². The zero-order valence-electron chi connectivity index (χ0n) is 15.2. The van der Waals surface area contributed by atoms with Crippen LogP contribution in [0.25, 0.3) is 0 Å². The molecule has 2 heterocycles. The van der Waals surface area contributed by atoms with Crippen LogP contribution >= 0.6 is 22.9 Å². The number of carbonyl (C=O) groups is 1. The maximum atomic E-state index is 13.9. The van der Waals surface area contributed by atoms with Crippen LogP contribution in [0, 0.1) is 5.82 Å². The summed E-state index contributed by atoms with van der Waals surface area (Å²) in [5, 5.41) is 4.56. The molecule has 1 saturated heterocycles. The average molecular weight is 446 g/mol. The summed E-state index contributed by atoms with van der Waals surface area (Å²) < 4.78 is 41.5. The predicted molar refractivity (Wildman–Crippen MR) is 109 cm³/mol. The molecule has 0 spiro atoms. The van der Waals surface area contributed by atoms with E-state index in [0.29, 0.717) is 30.1 Å². The minimum Gasteiger partial charge on any atom is -0.322 e. The molecule has 1 aliphatic heterocycles. The van der Waals surface area contributed by atoms with Gasteiger partial charge >= 0.3 is 0 Å². The lowest BCUT2D eigenvalue weighted by atomic mass is 10.0. The van der Waals surface area contributed by atoms with E-state index in [1.807, 2.05) is 4.90 Å². The molecule has 152 valence electrons. The number of hydrogen-bond acceptors (Lipinski definition) is 5. The van der Waals surface area contributed by atoms with E-state index in [4.69, 9.17) is 11.6 Å². The Morgan fingerprint density at radius 3 is 2.64 bits per heavy atom. The van der Waals surface area contributed by atoms with Gasteiger partial charge in [-0.1, -0.05) is 17.7 Å². The van der Waals surface area contributed by atoms with E-state index in [1.165, 1.54) is 23.5 Å². The van der Waals surface area contributed by atoms with Gasteiger partial charge < -0.3 is 5.32 Å². The minimum atomic E-state index is -3.50. The molecule has 10 heteroatoms. The van der Waals surface area contributed by atoms with Crippen LogP contribution in [-0.2, 0) is 14.8 Å². The Morgan fingerprint density at radius 2 is 2.04 bits per heavy atom. The normalized spacial score (nSPS) is 17.4. The monoisotopic (exact) mass is 445 g/mol. The SMILES string of the molecule is C[C@H](C(=O)Nc1ccc(Cl)cc1F)N1CCC(NS(=O)(=O)c2cccs2)CC1. The van der Waals surface area contributed by atoms with Gasteiger partial charge in [-0.25, -0.2) is 17.5 Å². The van der Waals surface area contributed by atoms with Gasteiger partial charge in [0.1, 0.15) is 10.0 Å². The summed E-state index contributed by atoms with van der Waals surface area (Å²) in [7, 11) is -3.50. The number of anilines is 1. The van der Waals surface area contributed by atoms with E-state index in [1.54, 1.807) is 24.4 Å². The predicted octanol–water partition coefficient (Wildman–Crippen LogP) is 3.31. The highest BCUT2D eigenvalue weighted by atomic mass is 35.5. The van der Waals surface area contributed by atoms with Gasteiger partial charge in [0.15, 0.2) is 0 Å². The molecule has 0 saturated carbocycles. The first-order valence-electron chi connectivity index (χ1n) is 8.82. The number of amides is 1. The smallest absolute Gasteiger partial charge is 0.250 e. The Bertz CT molecular complexity index is 930. The van der Waals surface area contributed by atoms with Gasteiger partial charge in [0.05, 0.1) is 11.7 Å². The Labute approximate surface area is 172 Å². The fourth-order valence-electron chi connectivity index (χ4n) is 3.09. The maximum Gasteiger partial charge on any atom is 0.250 e. The Morgan fingerprint density at radius 1 is 1.32 bits per heavy atom. The van der Waals surface area contributed by atoms with Crippen molar-refractivity contribution in [3.63, 3.8) is 0 Å². The van der Waals surface area contributed by atoms with Crippen molar-refractivity contribution in [2.24, 2.45) is 0 Å². The van der Waals surface area contributed by atoms with Gasteiger partial charge in [0.25, 0.3) is 0 Å². The lowest BCUT2D eigenvalue weighted by Gasteiger charge is -2.35. The highest BCUT2D eigenvalue weighted by Crippen LogP contribution is 2.22. The second-order valence-corrected chi connectivity index (χ2v) is 9.98. The van der Waals surface area contributed by atoms with Crippen molar-refractivity contribution >= 4 is 44.6 Å². The summed E-state index contributed by atoms with van der Waals surface area (Å²) in [6.07, 6.45) is 1.19. The second kappa shape index (κ2) is 8.87. The van der Waals surface area contributed by atoms with E-state index in [9.17, 15) is 17.6 Å². The van der Waals surface area contributed by atoms with Crippen molar-refractivity contribution in [1.29, 1.82) is 0 Å². The fraction of sp³-hybridized carbons (Fsp3) is 0.389.